The van der Waals surface area contributed by atoms with Gasteiger partial charge < -0.3 is 0 Å². The molecular weight excluding hydrogens is 135 g/mol. The van der Waals surface area contributed by atoms with Gasteiger partial charge in [-0.15, -0.1) is 0 Å². The Hall–Kier alpha value is -0.500. The summed E-state index contributed by atoms with van der Waals surface area (Å²) in [6.07, 6.45) is 0. The molecule has 0 saturated carbocycles. The minimum absolute atomic E-state index is 0.214. The number of rotatable bonds is 1. The maximum absolute atomic E-state index is 12.2. The predicted octanol–water partition coefficient (Wildman–Crippen LogP) is 2.27. The fourth-order valence-corrected chi connectivity index (χ4v) is 0.721. The van der Waals surface area contributed by atoms with E-state index in [1.807, 2.05) is 0 Å². The summed E-state index contributed by atoms with van der Waals surface area (Å²) in [5.74, 6) is 1.41. The molecule has 2 heteroatoms. The van der Waals surface area contributed by atoms with Gasteiger partial charge in [-0.1, -0.05) is 12.1 Å². The molecule has 1 radical (unpaired) electrons. The van der Waals surface area contributed by atoms with Crippen LogP contribution in [-0.2, 0) is 0 Å². The van der Waals surface area contributed by atoms with Crippen molar-refractivity contribution in [1.82, 2.24) is 0 Å². The molecule has 0 unspecified atom stereocenters. The maximum Gasteiger partial charge on any atom is 0.123 e. The molecule has 0 spiro atoms. The average Bonchev–Trinajstić information content (AvgIpc) is 1.90. The molecule has 0 atom stereocenters. The second kappa shape index (κ2) is 2.87. The van der Waals surface area contributed by atoms with Crippen molar-refractivity contribution >= 4 is 12.6 Å². The zero-order valence-corrected chi connectivity index (χ0v) is 5.61. The summed E-state index contributed by atoms with van der Waals surface area (Å²) in [6, 6.07) is 6.15. The van der Waals surface area contributed by atoms with Crippen molar-refractivity contribution in [3.63, 3.8) is 0 Å². The molecule has 0 N–H and O–H groups in total. The van der Waals surface area contributed by atoms with E-state index in [2.05, 4.69) is 12.6 Å². The van der Waals surface area contributed by atoms with Crippen LogP contribution in [0.4, 0.5) is 4.39 Å². The Labute approximate surface area is 59.1 Å². The first-order chi connectivity index (χ1) is 4.33. The van der Waals surface area contributed by atoms with Crippen LogP contribution in [0.5, 0.6) is 0 Å². The first kappa shape index (κ1) is 6.62. The predicted molar refractivity (Wildman–Crippen MR) is 38.8 cm³/mol. The highest BCUT2D eigenvalue weighted by Crippen LogP contribution is 2.05. The topological polar surface area (TPSA) is 0 Å². The van der Waals surface area contributed by atoms with Crippen LogP contribution >= 0.6 is 12.6 Å². The van der Waals surface area contributed by atoms with Gasteiger partial charge in [-0.05, 0) is 17.7 Å². The number of hydrogen-bond donors (Lipinski definition) is 1. The van der Waals surface area contributed by atoms with Crippen LogP contribution in [0.15, 0.2) is 24.3 Å². The lowest BCUT2D eigenvalue weighted by Gasteiger charge is -1.91. The van der Waals surface area contributed by atoms with E-state index >= 15 is 0 Å². The van der Waals surface area contributed by atoms with E-state index in [0.29, 0.717) is 0 Å². The molecule has 47 valence electrons. The normalized spacial score (nSPS) is 9.56. The van der Waals surface area contributed by atoms with Gasteiger partial charge in [0, 0.05) is 5.75 Å². The van der Waals surface area contributed by atoms with Crippen LogP contribution < -0.4 is 0 Å². The third-order valence-corrected chi connectivity index (χ3v) is 1.32. The Bertz CT molecular complexity index is 181. The van der Waals surface area contributed by atoms with Crippen molar-refractivity contribution in [2.75, 3.05) is 0 Å². The minimum Gasteiger partial charge on any atom is -0.207 e. The highest BCUT2D eigenvalue weighted by atomic mass is 32.1. The Kier molecular flexibility index (Phi) is 2.11. The lowest BCUT2D eigenvalue weighted by Crippen LogP contribution is -1.75. The molecule has 0 amide bonds. The Morgan fingerprint density at radius 3 is 2.22 bits per heavy atom. The van der Waals surface area contributed by atoms with Gasteiger partial charge in [0.05, 0.1) is 0 Å². The van der Waals surface area contributed by atoms with Gasteiger partial charge in [-0.25, -0.2) is 4.39 Å². The van der Waals surface area contributed by atoms with Crippen molar-refractivity contribution in [2.24, 2.45) is 0 Å². The smallest absolute Gasteiger partial charge is 0.123 e. The molecule has 1 aromatic rings. The van der Waals surface area contributed by atoms with Gasteiger partial charge in [-0.2, -0.15) is 12.6 Å². The molecule has 0 aliphatic carbocycles. The largest absolute Gasteiger partial charge is 0.207 e. The SMILES string of the molecule is Fc1ccc([CH]S)cc1. The first-order valence-electron chi connectivity index (χ1n) is 2.56. The molecule has 0 bridgehead atoms. The van der Waals surface area contributed by atoms with Gasteiger partial charge >= 0.3 is 0 Å². The molecule has 0 nitrogen and oxygen atoms in total. The zero-order chi connectivity index (χ0) is 6.69. The van der Waals surface area contributed by atoms with E-state index in [9.17, 15) is 4.39 Å². The second-order valence-electron chi connectivity index (χ2n) is 1.68. The van der Waals surface area contributed by atoms with Crippen molar-refractivity contribution in [3.05, 3.63) is 41.4 Å². The molecule has 0 aliphatic heterocycles. The summed E-state index contributed by atoms with van der Waals surface area (Å²) in [4.78, 5) is 0. The molecule has 0 heterocycles. The van der Waals surface area contributed by atoms with Crippen molar-refractivity contribution in [3.8, 4) is 0 Å². The quantitative estimate of drug-likeness (QED) is 0.570. The van der Waals surface area contributed by atoms with Crippen molar-refractivity contribution in [1.29, 1.82) is 0 Å². The molecule has 0 saturated heterocycles. The van der Waals surface area contributed by atoms with E-state index in [-0.39, 0.29) is 5.82 Å². The van der Waals surface area contributed by atoms with Gasteiger partial charge in [-0.3, -0.25) is 0 Å². The van der Waals surface area contributed by atoms with Crippen LogP contribution in [0, 0.1) is 11.6 Å². The van der Waals surface area contributed by atoms with Gasteiger partial charge in [0.25, 0.3) is 0 Å². The van der Waals surface area contributed by atoms with E-state index in [1.54, 1.807) is 17.9 Å². The number of benzene rings is 1. The molecular formula is C7H6FS. The first-order valence-corrected chi connectivity index (χ1v) is 3.07. The molecule has 1 aromatic carbocycles. The monoisotopic (exact) mass is 141 g/mol. The van der Waals surface area contributed by atoms with Crippen LogP contribution in [0.1, 0.15) is 5.56 Å². The second-order valence-corrected chi connectivity index (χ2v) is 1.94. The van der Waals surface area contributed by atoms with Gasteiger partial charge in [0.15, 0.2) is 0 Å². The van der Waals surface area contributed by atoms with Crippen LogP contribution in [-0.4, -0.2) is 0 Å². The van der Waals surface area contributed by atoms with Crippen molar-refractivity contribution in [2.45, 2.75) is 0 Å². The highest BCUT2D eigenvalue weighted by Gasteiger charge is 1.88. The molecule has 0 aliphatic rings. The van der Waals surface area contributed by atoms with E-state index in [0.717, 1.165) is 5.56 Å². The summed E-state index contributed by atoms with van der Waals surface area (Å²) < 4.78 is 12.2. The lowest BCUT2D eigenvalue weighted by molar-refractivity contribution is 0.627. The van der Waals surface area contributed by atoms with Gasteiger partial charge in [0.1, 0.15) is 5.82 Å². The zero-order valence-electron chi connectivity index (χ0n) is 4.71. The summed E-state index contributed by atoms with van der Waals surface area (Å²) in [5.41, 5.74) is 0.916. The van der Waals surface area contributed by atoms with Crippen LogP contribution in [0.25, 0.3) is 0 Å². The Morgan fingerprint density at radius 1 is 1.22 bits per heavy atom. The maximum atomic E-state index is 12.2. The average molecular weight is 141 g/mol. The number of halogens is 1. The third kappa shape index (κ3) is 1.72. The van der Waals surface area contributed by atoms with E-state index in [1.165, 1.54) is 12.1 Å². The fraction of sp³-hybridized carbons (Fsp3) is 0. The summed E-state index contributed by atoms with van der Waals surface area (Å²) in [7, 11) is 0. The van der Waals surface area contributed by atoms with Crippen LogP contribution in [0.2, 0.25) is 0 Å². The molecule has 1 rings (SSSR count). The van der Waals surface area contributed by atoms with Crippen molar-refractivity contribution < 1.29 is 4.39 Å². The molecule has 0 fully saturated rings. The molecule has 9 heavy (non-hydrogen) atoms. The lowest BCUT2D eigenvalue weighted by atomic mass is 10.2. The fourth-order valence-electron chi connectivity index (χ4n) is 0.549. The number of thiol groups is 1. The van der Waals surface area contributed by atoms with Gasteiger partial charge in [0.2, 0.25) is 0 Å². The minimum atomic E-state index is -0.214. The Balaban J connectivity index is 2.88. The molecule has 0 aromatic heterocycles. The summed E-state index contributed by atoms with van der Waals surface area (Å²) in [6.45, 7) is 0. The summed E-state index contributed by atoms with van der Waals surface area (Å²) >= 11 is 3.90. The third-order valence-electron chi connectivity index (χ3n) is 1.02. The summed E-state index contributed by atoms with van der Waals surface area (Å²) in [5, 5.41) is 0. The van der Waals surface area contributed by atoms with E-state index < -0.39 is 0 Å². The number of hydrogen-bond acceptors (Lipinski definition) is 1. The van der Waals surface area contributed by atoms with Crippen LogP contribution in [0.3, 0.4) is 0 Å². The Morgan fingerprint density at radius 2 is 1.78 bits per heavy atom. The van der Waals surface area contributed by atoms with E-state index in [4.69, 9.17) is 0 Å². The highest BCUT2D eigenvalue weighted by molar-refractivity contribution is 7.82. The standard InChI is InChI=1S/C7H6FS/c8-7-3-1-6(5-9)2-4-7/h1-5,9H.